The first kappa shape index (κ1) is 13.3. The van der Waals surface area contributed by atoms with Crippen molar-refractivity contribution in [2.24, 2.45) is 0 Å². The van der Waals surface area contributed by atoms with Gasteiger partial charge in [0.1, 0.15) is 5.15 Å². The van der Waals surface area contributed by atoms with Gasteiger partial charge in [-0.25, -0.2) is 9.78 Å². The summed E-state index contributed by atoms with van der Waals surface area (Å²) in [7, 11) is 0. The van der Waals surface area contributed by atoms with Gasteiger partial charge in [-0.05, 0) is 36.8 Å². The van der Waals surface area contributed by atoms with E-state index in [2.05, 4.69) is 4.98 Å². The molecule has 19 heavy (non-hydrogen) atoms. The van der Waals surface area contributed by atoms with Gasteiger partial charge in [-0.3, -0.25) is 0 Å². The van der Waals surface area contributed by atoms with Crippen molar-refractivity contribution in [1.82, 2.24) is 4.98 Å². The first-order valence-electron chi connectivity index (χ1n) is 5.81. The van der Waals surface area contributed by atoms with Gasteiger partial charge in [-0.2, -0.15) is 5.26 Å². The van der Waals surface area contributed by atoms with Crippen molar-refractivity contribution in [3.8, 4) is 6.07 Å². The van der Waals surface area contributed by atoms with Crippen molar-refractivity contribution < 1.29 is 9.53 Å². The average molecular weight is 275 g/mol. The first-order valence-corrected chi connectivity index (χ1v) is 6.19. The number of unbranched alkanes of at least 4 members (excludes halogenated alkanes) is 1. The van der Waals surface area contributed by atoms with E-state index < -0.39 is 5.97 Å². The van der Waals surface area contributed by atoms with Crippen LogP contribution in [-0.2, 0) is 4.74 Å². The van der Waals surface area contributed by atoms with E-state index in [1.165, 1.54) is 0 Å². The zero-order valence-corrected chi connectivity index (χ0v) is 10.9. The second kappa shape index (κ2) is 6.17. The number of pyridine rings is 1. The highest BCUT2D eigenvalue weighted by Crippen LogP contribution is 2.17. The van der Waals surface area contributed by atoms with Gasteiger partial charge in [0.25, 0.3) is 0 Å². The molecule has 0 amide bonds. The van der Waals surface area contributed by atoms with Crippen LogP contribution < -0.4 is 0 Å². The van der Waals surface area contributed by atoms with E-state index in [1.54, 1.807) is 30.3 Å². The molecule has 0 N–H and O–H groups in total. The average Bonchev–Trinajstić information content (AvgIpc) is 2.42. The lowest BCUT2D eigenvalue weighted by Gasteiger charge is -2.04. The first-order chi connectivity index (χ1) is 9.20. The summed E-state index contributed by atoms with van der Waals surface area (Å²) in [6, 6.07) is 10.6. The van der Waals surface area contributed by atoms with Crippen molar-refractivity contribution in [2.45, 2.75) is 12.8 Å². The number of hydrogen-bond donors (Lipinski definition) is 0. The molecule has 0 unspecified atom stereocenters. The van der Waals surface area contributed by atoms with Crippen molar-refractivity contribution in [1.29, 1.82) is 5.26 Å². The van der Waals surface area contributed by atoms with E-state index in [1.807, 2.05) is 6.07 Å². The lowest BCUT2D eigenvalue weighted by Crippen LogP contribution is -2.06. The summed E-state index contributed by atoms with van der Waals surface area (Å²) in [5.74, 6) is -0.394. The number of carbonyl (C=O) groups is 1. The summed E-state index contributed by atoms with van der Waals surface area (Å²) in [4.78, 5) is 15.9. The van der Waals surface area contributed by atoms with Crippen LogP contribution in [-0.4, -0.2) is 17.6 Å². The second-order valence-electron chi connectivity index (χ2n) is 3.94. The highest BCUT2D eigenvalue weighted by atomic mass is 35.5. The SMILES string of the molecule is N#CCCCOC(=O)c1ccc2nc(Cl)ccc2c1. The van der Waals surface area contributed by atoms with Crippen LogP contribution in [0.15, 0.2) is 30.3 Å². The lowest BCUT2D eigenvalue weighted by atomic mass is 10.1. The fourth-order valence-electron chi connectivity index (χ4n) is 1.63. The Bertz CT molecular complexity index is 649. The third-order valence-electron chi connectivity index (χ3n) is 2.56. The molecule has 0 aliphatic carbocycles. The summed E-state index contributed by atoms with van der Waals surface area (Å²) in [5.41, 5.74) is 1.20. The Morgan fingerprint density at radius 1 is 1.37 bits per heavy atom. The van der Waals surface area contributed by atoms with Crippen LogP contribution in [0.4, 0.5) is 0 Å². The minimum absolute atomic E-state index is 0.253. The van der Waals surface area contributed by atoms with Crippen LogP contribution in [0.1, 0.15) is 23.2 Å². The smallest absolute Gasteiger partial charge is 0.338 e. The lowest BCUT2D eigenvalue weighted by molar-refractivity contribution is 0.0502. The van der Waals surface area contributed by atoms with Gasteiger partial charge in [-0.1, -0.05) is 11.6 Å². The molecular weight excluding hydrogens is 264 g/mol. The number of nitrogens with zero attached hydrogens (tertiary/aromatic N) is 2. The molecule has 0 radical (unpaired) electrons. The molecule has 5 heteroatoms. The minimum Gasteiger partial charge on any atom is -0.462 e. The molecule has 1 aromatic heterocycles. The van der Waals surface area contributed by atoms with Gasteiger partial charge in [-0.15, -0.1) is 0 Å². The monoisotopic (exact) mass is 274 g/mol. The Kier molecular flexibility index (Phi) is 4.32. The predicted molar refractivity (Wildman–Crippen MR) is 71.9 cm³/mol. The largest absolute Gasteiger partial charge is 0.462 e. The standard InChI is InChI=1S/C14H11ClN2O2/c15-13-6-4-10-9-11(3-5-12(10)17-13)14(18)19-8-2-1-7-16/h3-6,9H,1-2,8H2. The number of aromatic nitrogens is 1. The number of fused-ring (bicyclic) bond motifs is 1. The highest BCUT2D eigenvalue weighted by Gasteiger charge is 2.08. The maximum Gasteiger partial charge on any atom is 0.338 e. The van der Waals surface area contributed by atoms with Crippen LogP contribution in [0.2, 0.25) is 5.15 Å². The molecule has 2 aromatic rings. The number of halogens is 1. The zero-order valence-electron chi connectivity index (χ0n) is 10.1. The van der Waals surface area contributed by atoms with Crippen molar-refractivity contribution in [3.63, 3.8) is 0 Å². The molecule has 1 aromatic carbocycles. The van der Waals surface area contributed by atoms with Gasteiger partial charge in [0, 0.05) is 11.8 Å². The molecule has 0 aliphatic heterocycles. The summed E-state index contributed by atoms with van der Waals surface area (Å²) >= 11 is 5.79. The molecule has 4 nitrogen and oxygen atoms in total. The summed E-state index contributed by atoms with van der Waals surface area (Å²) < 4.78 is 5.07. The molecule has 2 rings (SSSR count). The van der Waals surface area contributed by atoms with Crippen molar-refractivity contribution >= 4 is 28.5 Å². The number of rotatable bonds is 4. The second-order valence-corrected chi connectivity index (χ2v) is 4.33. The van der Waals surface area contributed by atoms with Crippen LogP contribution in [0.3, 0.4) is 0 Å². The molecule has 0 aliphatic rings. The summed E-state index contributed by atoms with van der Waals surface area (Å²) in [6.07, 6.45) is 0.931. The number of ether oxygens (including phenoxy) is 1. The van der Waals surface area contributed by atoms with Gasteiger partial charge in [0.2, 0.25) is 0 Å². The van der Waals surface area contributed by atoms with Gasteiger partial charge >= 0.3 is 5.97 Å². The fourth-order valence-corrected chi connectivity index (χ4v) is 1.78. The number of nitriles is 1. The third-order valence-corrected chi connectivity index (χ3v) is 2.77. The normalized spacial score (nSPS) is 10.1. The molecule has 1 heterocycles. The Morgan fingerprint density at radius 3 is 3.00 bits per heavy atom. The minimum atomic E-state index is -0.394. The van der Waals surface area contributed by atoms with Crippen molar-refractivity contribution in [3.05, 3.63) is 41.0 Å². The fraction of sp³-hybridized carbons (Fsp3) is 0.214. The van der Waals surface area contributed by atoms with Gasteiger partial charge < -0.3 is 4.74 Å². The van der Waals surface area contributed by atoms with Gasteiger partial charge in [0.15, 0.2) is 0 Å². The molecule has 0 saturated carbocycles. The maximum atomic E-state index is 11.8. The topological polar surface area (TPSA) is 63.0 Å². The van der Waals surface area contributed by atoms with E-state index in [0.29, 0.717) is 23.6 Å². The highest BCUT2D eigenvalue weighted by molar-refractivity contribution is 6.29. The van der Waals surface area contributed by atoms with Crippen LogP contribution in [0.5, 0.6) is 0 Å². The van der Waals surface area contributed by atoms with Gasteiger partial charge in [0.05, 0.1) is 23.8 Å². The number of esters is 1. The molecule has 0 saturated heterocycles. The van der Waals surface area contributed by atoms with Crippen LogP contribution >= 0.6 is 11.6 Å². The Morgan fingerprint density at radius 2 is 2.21 bits per heavy atom. The van der Waals surface area contributed by atoms with E-state index in [4.69, 9.17) is 21.6 Å². The quantitative estimate of drug-likeness (QED) is 0.487. The molecule has 0 atom stereocenters. The number of benzene rings is 1. The summed E-state index contributed by atoms with van der Waals surface area (Å²) in [6.45, 7) is 0.253. The van der Waals surface area contributed by atoms with Crippen LogP contribution in [0, 0.1) is 11.3 Å². The predicted octanol–water partition coefficient (Wildman–Crippen LogP) is 3.35. The maximum absolute atomic E-state index is 11.8. The third kappa shape index (κ3) is 3.43. The molecule has 0 fully saturated rings. The zero-order chi connectivity index (χ0) is 13.7. The van der Waals surface area contributed by atoms with E-state index in [-0.39, 0.29) is 6.61 Å². The Balaban J connectivity index is 2.10. The Hall–Kier alpha value is -2.12. The molecule has 0 bridgehead atoms. The van der Waals surface area contributed by atoms with Crippen LogP contribution in [0.25, 0.3) is 10.9 Å². The number of hydrogen-bond acceptors (Lipinski definition) is 4. The molecule has 0 spiro atoms. The van der Waals surface area contributed by atoms with E-state index in [0.717, 1.165) is 10.9 Å². The van der Waals surface area contributed by atoms with Crippen molar-refractivity contribution in [2.75, 3.05) is 6.61 Å². The molecular formula is C14H11ClN2O2. The number of carbonyl (C=O) groups excluding carboxylic acids is 1. The molecule has 96 valence electrons. The Labute approximate surface area is 115 Å². The van der Waals surface area contributed by atoms with E-state index >= 15 is 0 Å². The van der Waals surface area contributed by atoms with E-state index in [9.17, 15) is 4.79 Å². The summed E-state index contributed by atoms with van der Waals surface area (Å²) in [5, 5.41) is 9.63.